The Kier molecular flexibility index (Phi) is 4.77. The van der Waals surface area contributed by atoms with Crippen LogP contribution in [0.15, 0.2) is 66.0 Å². The second kappa shape index (κ2) is 7.57. The minimum Gasteiger partial charge on any atom is -0.361 e. The molecule has 0 amide bonds. The number of nitrogens with one attached hydrogen (secondary N) is 1. The Labute approximate surface area is 177 Å². The van der Waals surface area contributed by atoms with Crippen LogP contribution in [0, 0.1) is 0 Å². The van der Waals surface area contributed by atoms with Crippen LogP contribution in [0.3, 0.4) is 0 Å². The first-order chi connectivity index (χ1) is 14.2. The zero-order valence-electron chi connectivity index (χ0n) is 15.8. The molecule has 2 aromatic heterocycles. The van der Waals surface area contributed by atoms with Crippen LogP contribution in [0.5, 0.6) is 0 Å². The highest BCUT2D eigenvalue weighted by Gasteiger charge is 2.29. The monoisotopic (exact) mass is 422 g/mol. The number of thioether (sulfide) groups is 1. The Morgan fingerprint density at radius 1 is 1.10 bits per heavy atom. The van der Waals surface area contributed by atoms with Crippen molar-refractivity contribution in [1.82, 2.24) is 24.5 Å². The molecule has 4 aromatic rings. The average Bonchev–Trinajstić information content (AvgIpc) is 3.44. The van der Waals surface area contributed by atoms with Crippen LogP contribution in [0.4, 0.5) is 5.82 Å². The van der Waals surface area contributed by atoms with Gasteiger partial charge in [0.05, 0.1) is 24.3 Å². The van der Waals surface area contributed by atoms with Crippen molar-refractivity contribution in [1.29, 1.82) is 0 Å². The van der Waals surface area contributed by atoms with Gasteiger partial charge in [0.25, 0.3) is 0 Å². The van der Waals surface area contributed by atoms with Crippen molar-refractivity contribution in [3.63, 3.8) is 0 Å². The molecule has 1 unspecified atom stereocenters. The summed E-state index contributed by atoms with van der Waals surface area (Å²) in [5.74, 6) is 2.65. The molecule has 0 spiro atoms. The van der Waals surface area contributed by atoms with Crippen molar-refractivity contribution in [2.75, 3.05) is 11.1 Å². The predicted octanol–water partition coefficient (Wildman–Crippen LogP) is 5.06. The fourth-order valence-electron chi connectivity index (χ4n) is 3.59. The van der Waals surface area contributed by atoms with Crippen molar-refractivity contribution < 1.29 is 0 Å². The molecule has 1 N–H and O–H groups in total. The van der Waals surface area contributed by atoms with Crippen LogP contribution < -0.4 is 5.32 Å². The summed E-state index contributed by atoms with van der Waals surface area (Å²) in [5.41, 5.74) is 3.15. The number of nitrogens with zero attached hydrogens (tertiary/aromatic N) is 5. The number of fused-ring (bicyclic) bond motifs is 1. The number of halogens is 1. The van der Waals surface area contributed by atoms with E-state index in [0.29, 0.717) is 5.02 Å². The van der Waals surface area contributed by atoms with E-state index >= 15 is 0 Å². The maximum atomic E-state index is 6.10. The molecule has 3 heterocycles. The van der Waals surface area contributed by atoms with E-state index in [4.69, 9.17) is 11.6 Å². The molecule has 1 aliphatic rings. The van der Waals surface area contributed by atoms with Crippen molar-refractivity contribution in [2.45, 2.75) is 24.7 Å². The molecule has 0 saturated carbocycles. The fraction of sp³-hybridized carbons (Fsp3) is 0.190. The molecule has 29 heavy (non-hydrogen) atoms. The van der Waals surface area contributed by atoms with Crippen molar-refractivity contribution >= 4 is 29.2 Å². The summed E-state index contributed by atoms with van der Waals surface area (Å²) in [5, 5.41) is 18.7. The largest absolute Gasteiger partial charge is 0.361 e. The first kappa shape index (κ1) is 18.3. The molecular formula is C21H19ClN6S. The number of benzene rings is 2. The van der Waals surface area contributed by atoms with E-state index < -0.39 is 0 Å². The number of aromatic nitrogens is 5. The Bertz CT molecular complexity index is 1140. The summed E-state index contributed by atoms with van der Waals surface area (Å²) in [4.78, 5) is 0. The highest BCUT2D eigenvalue weighted by Crippen LogP contribution is 2.37. The van der Waals surface area contributed by atoms with Gasteiger partial charge in [-0.2, -0.15) is 5.10 Å². The Balaban J connectivity index is 1.56. The number of hydrogen-bond donors (Lipinski definition) is 1. The highest BCUT2D eigenvalue weighted by atomic mass is 35.5. The lowest BCUT2D eigenvalue weighted by molar-refractivity contribution is 0.617. The summed E-state index contributed by atoms with van der Waals surface area (Å²) < 4.78 is 4.07. The van der Waals surface area contributed by atoms with Gasteiger partial charge in [0, 0.05) is 10.7 Å². The van der Waals surface area contributed by atoms with Gasteiger partial charge in [-0.1, -0.05) is 60.6 Å². The molecule has 6 nitrogen and oxygen atoms in total. The lowest BCUT2D eigenvalue weighted by Crippen LogP contribution is -2.07. The summed E-state index contributed by atoms with van der Waals surface area (Å²) >= 11 is 7.75. The lowest BCUT2D eigenvalue weighted by Gasteiger charge is -2.12. The van der Waals surface area contributed by atoms with Gasteiger partial charge in [-0.15, -0.1) is 10.2 Å². The van der Waals surface area contributed by atoms with Crippen LogP contribution in [0.1, 0.15) is 18.5 Å². The molecule has 5 rings (SSSR count). The van der Waals surface area contributed by atoms with E-state index in [1.165, 1.54) is 5.56 Å². The van der Waals surface area contributed by atoms with Gasteiger partial charge in [-0.25, -0.2) is 4.68 Å². The smallest absolute Gasteiger partial charge is 0.196 e. The quantitative estimate of drug-likeness (QED) is 0.455. The van der Waals surface area contributed by atoms with Gasteiger partial charge in [0.1, 0.15) is 5.82 Å². The first-order valence-electron chi connectivity index (χ1n) is 9.46. The van der Waals surface area contributed by atoms with Gasteiger partial charge in [-0.05, 0) is 35.6 Å². The minimum absolute atomic E-state index is 0.190. The zero-order valence-corrected chi connectivity index (χ0v) is 17.4. The number of anilines is 1. The van der Waals surface area contributed by atoms with E-state index in [2.05, 4.69) is 56.4 Å². The normalized spacial score (nSPS) is 15.3. The van der Waals surface area contributed by atoms with E-state index in [9.17, 15) is 0 Å². The summed E-state index contributed by atoms with van der Waals surface area (Å²) in [6.07, 6.45) is 1.86. The Morgan fingerprint density at radius 2 is 1.90 bits per heavy atom. The summed E-state index contributed by atoms with van der Waals surface area (Å²) in [6, 6.07) is 18.3. The van der Waals surface area contributed by atoms with Gasteiger partial charge in [-0.3, -0.25) is 4.57 Å². The van der Waals surface area contributed by atoms with Gasteiger partial charge < -0.3 is 5.32 Å². The van der Waals surface area contributed by atoms with Crippen LogP contribution >= 0.6 is 23.4 Å². The molecule has 2 aromatic carbocycles. The zero-order chi connectivity index (χ0) is 19.8. The third-order valence-electron chi connectivity index (χ3n) is 4.94. The molecular weight excluding hydrogens is 404 g/mol. The Hall–Kier alpha value is -2.77. The summed E-state index contributed by atoms with van der Waals surface area (Å²) in [7, 11) is 0. The molecule has 8 heteroatoms. The molecule has 0 saturated heterocycles. The number of rotatable bonds is 5. The molecule has 0 bridgehead atoms. The maximum Gasteiger partial charge on any atom is 0.196 e. The molecule has 1 atom stereocenters. The Morgan fingerprint density at radius 3 is 2.66 bits per heavy atom. The van der Waals surface area contributed by atoms with Gasteiger partial charge in [0.2, 0.25) is 0 Å². The van der Waals surface area contributed by atoms with E-state index in [0.717, 1.165) is 40.3 Å². The van der Waals surface area contributed by atoms with Gasteiger partial charge in [0.15, 0.2) is 11.0 Å². The highest BCUT2D eigenvalue weighted by molar-refractivity contribution is 7.99. The minimum atomic E-state index is 0.190. The van der Waals surface area contributed by atoms with Crippen molar-refractivity contribution in [3.8, 4) is 17.1 Å². The summed E-state index contributed by atoms with van der Waals surface area (Å²) in [6.45, 7) is 2.89. The van der Waals surface area contributed by atoms with Crippen LogP contribution in [0.2, 0.25) is 5.02 Å². The third kappa shape index (κ3) is 3.30. The maximum absolute atomic E-state index is 6.10. The molecule has 146 valence electrons. The molecule has 0 aliphatic carbocycles. The van der Waals surface area contributed by atoms with E-state index in [-0.39, 0.29) is 6.04 Å². The predicted molar refractivity (Wildman–Crippen MR) is 117 cm³/mol. The fourth-order valence-corrected chi connectivity index (χ4v) is 4.39. The standard InChI is InChI=1S/C21H19ClN6S/c1-2-29-21-26-25-20(28(21)16-10-8-15(22)9-11-16)17-12-23-27-13-18(24-19(17)27)14-6-4-3-5-7-14/h3-12,18,24H,2,13H2,1H3. The number of hydrogen-bond acceptors (Lipinski definition) is 5. The molecule has 1 aliphatic heterocycles. The molecule has 0 fully saturated rings. The van der Waals surface area contributed by atoms with Gasteiger partial charge >= 0.3 is 0 Å². The SMILES string of the molecule is CCSc1nnc(-c2cnn3c2NC(c2ccccc2)C3)n1-c1ccc(Cl)cc1. The van der Waals surface area contributed by atoms with E-state index in [1.807, 2.05) is 41.2 Å². The lowest BCUT2D eigenvalue weighted by atomic mass is 10.1. The van der Waals surface area contributed by atoms with Crippen LogP contribution in [0.25, 0.3) is 17.1 Å². The average molecular weight is 423 g/mol. The van der Waals surface area contributed by atoms with Crippen LogP contribution in [-0.2, 0) is 6.54 Å². The molecule has 0 radical (unpaired) electrons. The van der Waals surface area contributed by atoms with Crippen molar-refractivity contribution in [2.24, 2.45) is 0 Å². The second-order valence-corrected chi connectivity index (χ2v) is 8.42. The van der Waals surface area contributed by atoms with Crippen molar-refractivity contribution in [3.05, 3.63) is 71.4 Å². The van der Waals surface area contributed by atoms with Crippen LogP contribution in [-0.4, -0.2) is 30.3 Å². The topological polar surface area (TPSA) is 60.6 Å². The third-order valence-corrected chi connectivity index (χ3v) is 6.00. The van der Waals surface area contributed by atoms with E-state index in [1.54, 1.807) is 11.8 Å². The first-order valence-corrected chi connectivity index (χ1v) is 10.8. The second-order valence-electron chi connectivity index (χ2n) is 6.75.